The van der Waals surface area contributed by atoms with Crippen LogP contribution in [0.2, 0.25) is 0 Å². The molecular weight excluding hydrogens is 137 g/mol. The van der Waals surface area contributed by atoms with Gasteiger partial charge >= 0.3 is 35.0 Å². The van der Waals surface area contributed by atoms with Crippen LogP contribution in [0.1, 0.15) is 0 Å². The first-order valence-electron chi connectivity index (χ1n) is 1.24. The van der Waals surface area contributed by atoms with E-state index < -0.39 is 5.43 Å². The third-order valence-corrected chi connectivity index (χ3v) is 0.265. The predicted octanol–water partition coefficient (Wildman–Crippen LogP) is -2.94. The molecule has 0 bridgehead atoms. The van der Waals surface area contributed by atoms with Gasteiger partial charge in [0.2, 0.25) is 0 Å². The third-order valence-electron chi connectivity index (χ3n) is 0.176. The average molecular weight is 144 g/mol. The largest absolute Gasteiger partial charge is 1.00 e. The van der Waals surface area contributed by atoms with Gasteiger partial charge in [-0.15, -0.1) is 0 Å². The van der Waals surface area contributed by atoms with Crippen LogP contribution in [0, 0.1) is 0 Å². The molecule has 0 aromatic rings. The van der Waals surface area contributed by atoms with E-state index in [-0.39, 0.29) is 38.0 Å². The Hall–Kier alpha value is 0.565. The Labute approximate surface area is 77.1 Å². The number of hydrogen-bond donors (Lipinski definition) is 0. The number of ether oxygens (including phenoxy) is 1. The Bertz CT molecular complexity index is 77.7. The molecule has 0 saturated heterocycles. The van der Waals surface area contributed by atoms with E-state index in [4.69, 9.17) is 0 Å². The van der Waals surface area contributed by atoms with E-state index in [9.17, 15) is 4.79 Å². The van der Waals surface area contributed by atoms with Crippen LogP contribution in [0.3, 0.4) is 0 Å². The van der Waals surface area contributed by atoms with Gasteiger partial charge in [-0.1, -0.05) is 15.0 Å². The van der Waals surface area contributed by atoms with Crippen molar-refractivity contribution in [2.45, 2.75) is 0 Å². The minimum absolute atomic E-state index is 0. The summed E-state index contributed by atoms with van der Waals surface area (Å²) in [6.45, 7) is 3.07. The molecule has 8 heavy (non-hydrogen) atoms. The Kier molecular flexibility index (Phi) is 20.8. The topological polar surface area (TPSA) is 26.3 Å². The van der Waals surface area contributed by atoms with Crippen LogP contribution in [0.5, 0.6) is 0 Å². The van der Waals surface area contributed by atoms with Crippen molar-refractivity contribution >= 4 is 25.4 Å². The van der Waals surface area contributed by atoms with Crippen molar-refractivity contribution in [1.82, 2.24) is 0 Å². The molecule has 5 heteroatoms. The molecule has 0 saturated carbocycles. The van der Waals surface area contributed by atoms with Crippen molar-refractivity contribution in [3.63, 3.8) is 0 Å². The molecule has 0 aromatic heterocycles. The van der Waals surface area contributed by atoms with Crippen molar-refractivity contribution in [1.29, 1.82) is 0 Å². The van der Waals surface area contributed by atoms with Crippen molar-refractivity contribution < 1.29 is 39.1 Å². The molecule has 0 radical (unpaired) electrons. The third kappa shape index (κ3) is 16.0. The van der Waals surface area contributed by atoms with Gasteiger partial charge in [0.1, 0.15) is 0 Å². The number of rotatable bonds is 1. The Morgan fingerprint density at radius 2 is 2.12 bits per heavy atom. The summed E-state index contributed by atoms with van der Waals surface area (Å²) in [6, 6.07) is 0. The first-order valence-corrected chi connectivity index (χ1v) is 1.62. The molecule has 0 rings (SSSR count). The molecule has 0 spiro atoms. The van der Waals surface area contributed by atoms with Crippen LogP contribution in [-0.2, 0) is 4.74 Å². The molecule has 0 atom stereocenters. The van der Waals surface area contributed by atoms with Gasteiger partial charge in [-0.3, -0.25) is 0 Å². The second-order valence-corrected chi connectivity index (χ2v) is 0.831. The number of carbonyl (C=O) groups is 1. The van der Waals surface area contributed by atoms with Gasteiger partial charge in [-0.2, -0.15) is 0 Å². The number of hydrogen-bond acceptors (Lipinski definition) is 2. The average Bonchev–Trinajstić information content (AvgIpc) is 1.35. The van der Waals surface area contributed by atoms with E-state index in [1.54, 1.807) is 0 Å². The fourth-order valence-corrected chi connectivity index (χ4v) is 0.129. The second kappa shape index (κ2) is 10.5. The van der Waals surface area contributed by atoms with Crippen LogP contribution in [0.4, 0.5) is 4.79 Å². The molecule has 0 aromatic carbocycles. The van der Waals surface area contributed by atoms with E-state index in [0.717, 1.165) is 6.26 Å². The summed E-state index contributed by atoms with van der Waals surface area (Å²) >= 11 is 4.65. The normalized spacial score (nSPS) is 5.12. The SMILES string of the molecule is C=COC(=O)Cl.[BH4-].[Na+]. The van der Waals surface area contributed by atoms with E-state index in [1.807, 2.05) is 0 Å². The summed E-state index contributed by atoms with van der Waals surface area (Å²) in [5.41, 5.74) is -0.856. The molecule has 0 heterocycles. The van der Waals surface area contributed by atoms with E-state index >= 15 is 0 Å². The zero-order valence-corrected chi connectivity index (χ0v) is 6.73. The fourth-order valence-electron chi connectivity index (χ4n) is 0.0655. The number of halogens is 1. The maximum atomic E-state index is 9.52. The quantitative estimate of drug-likeness (QED) is 0.224. The molecule has 0 aliphatic rings. The zero-order valence-electron chi connectivity index (χ0n) is 3.98. The molecule has 0 N–H and O–H groups in total. The van der Waals surface area contributed by atoms with Crippen LogP contribution < -0.4 is 29.6 Å². The number of carbonyl (C=O) groups excluding carboxylic acids is 1. The molecule has 0 unspecified atom stereocenters. The molecule has 0 amide bonds. The smallest absolute Gasteiger partial charge is 0.423 e. The Balaban J connectivity index is -0.000000125. The summed E-state index contributed by atoms with van der Waals surface area (Å²) in [5, 5.41) is 0. The van der Waals surface area contributed by atoms with Gasteiger partial charge < -0.3 is 4.74 Å². The van der Waals surface area contributed by atoms with E-state index in [2.05, 4.69) is 22.9 Å². The Morgan fingerprint density at radius 1 is 1.75 bits per heavy atom. The van der Waals surface area contributed by atoms with Gasteiger partial charge in [0.05, 0.1) is 6.26 Å². The maximum Gasteiger partial charge on any atom is 1.00 e. The van der Waals surface area contributed by atoms with E-state index in [0.29, 0.717) is 0 Å². The Morgan fingerprint density at radius 3 is 2.12 bits per heavy atom. The van der Waals surface area contributed by atoms with Gasteiger partial charge in [0, 0.05) is 11.6 Å². The summed E-state index contributed by atoms with van der Waals surface area (Å²) < 4.78 is 3.93. The second-order valence-electron chi connectivity index (χ2n) is 0.522. The van der Waals surface area contributed by atoms with Crippen molar-refractivity contribution in [3.8, 4) is 0 Å². The van der Waals surface area contributed by atoms with E-state index in [1.165, 1.54) is 0 Å². The van der Waals surface area contributed by atoms with Crippen molar-refractivity contribution in [2.75, 3.05) is 0 Å². The van der Waals surface area contributed by atoms with Gasteiger partial charge in [-0.05, 0) is 0 Å². The fraction of sp³-hybridized carbons (Fsp3) is 0. The van der Waals surface area contributed by atoms with Crippen LogP contribution in [0.15, 0.2) is 12.8 Å². The minimum Gasteiger partial charge on any atom is -0.423 e. The molecule has 0 aliphatic carbocycles. The summed E-state index contributed by atoms with van der Waals surface area (Å²) in [6.07, 6.45) is 0.968. The minimum atomic E-state index is -0.856. The summed E-state index contributed by atoms with van der Waals surface area (Å²) in [7, 11) is 0. The zero-order chi connectivity index (χ0) is 4.99. The molecular formula is C3H7BClNaO2. The maximum absolute atomic E-state index is 9.52. The molecule has 0 fully saturated rings. The molecule has 42 valence electrons. The first kappa shape index (κ1) is 15.8. The van der Waals surface area contributed by atoms with Crippen molar-refractivity contribution in [3.05, 3.63) is 12.8 Å². The standard InChI is InChI=1S/C3H3ClO2.BH4.Na/c1-2-6-3(4)5;;/h2H,1H2;1H4;/q;-1;+1. The summed E-state index contributed by atoms with van der Waals surface area (Å²) in [4.78, 5) is 9.52. The predicted molar refractivity (Wildman–Crippen MR) is 33.9 cm³/mol. The monoisotopic (exact) mass is 144 g/mol. The van der Waals surface area contributed by atoms with Crippen LogP contribution >= 0.6 is 11.6 Å². The van der Waals surface area contributed by atoms with Crippen LogP contribution in [0.25, 0.3) is 0 Å². The van der Waals surface area contributed by atoms with Gasteiger partial charge in [0.25, 0.3) is 0 Å². The first-order chi connectivity index (χ1) is 2.77. The van der Waals surface area contributed by atoms with Gasteiger partial charge in [-0.25, -0.2) is 4.79 Å². The van der Waals surface area contributed by atoms with Gasteiger partial charge in [0.15, 0.2) is 0 Å². The van der Waals surface area contributed by atoms with Crippen molar-refractivity contribution in [2.24, 2.45) is 0 Å². The van der Waals surface area contributed by atoms with Crippen LogP contribution in [-0.4, -0.2) is 13.8 Å². The summed E-state index contributed by atoms with van der Waals surface area (Å²) in [5.74, 6) is 0. The molecule has 2 nitrogen and oxygen atoms in total. The molecule has 0 aliphatic heterocycles.